The average Bonchev–Trinajstić information content (AvgIpc) is 2.75. The molecule has 0 fully saturated rings. The summed E-state index contributed by atoms with van der Waals surface area (Å²) < 4.78 is 0. The number of rotatable bonds is 3. The Morgan fingerprint density at radius 2 is 2.03 bits per heavy atom. The molecule has 1 aromatic carbocycles. The van der Waals surface area contributed by atoms with Crippen molar-refractivity contribution in [1.82, 2.24) is 19.9 Å². The Morgan fingerprint density at radius 3 is 2.90 bits per heavy atom. The summed E-state index contributed by atoms with van der Waals surface area (Å²) in [5.41, 5.74) is 4.41. The number of hydrogen-bond acceptors (Lipinski definition) is 5. The molecule has 0 radical (unpaired) electrons. The van der Waals surface area contributed by atoms with Crippen LogP contribution in [0, 0.1) is 0 Å². The number of aliphatic imine (C=N–C) groups is 1. The molecule has 2 aliphatic heterocycles. The minimum atomic E-state index is -0.0503. The predicted molar refractivity (Wildman–Crippen MR) is 115 cm³/mol. The van der Waals surface area contributed by atoms with Crippen molar-refractivity contribution in [2.45, 2.75) is 38.8 Å². The normalized spacial score (nSPS) is 17.2. The zero-order chi connectivity index (χ0) is 19.8. The monoisotopic (exact) mass is 407 g/mol. The third-order valence-electron chi connectivity index (χ3n) is 5.69. The van der Waals surface area contributed by atoms with Gasteiger partial charge in [-0.05, 0) is 31.4 Å². The summed E-state index contributed by atoms with van der Waals surface area (Å²) in [6.07, 6.45) is 3.85. The van der Waals surface area contributed by atoms with Gasteiger partial charge in [0.15, 0.2) is 5.82 Å². The number of aromatic amines is 1. The van der Waals surface area contributed by atoms with Crippen molar-refractivity contribution in [3.63, 3.8) is 0 Å². The Labute approximate surface area is 173 Å². The van der Waals surface area contributed by atoms with Crippen LogP contribution in [0.15, 0.2) is 40.1 Å². The molecule has 29 heavy (non-hydrogen) atoms. The zero-order valence-corrected chi connectivity index (χ0v) is 16.9. The van der Waals surface area contributed by atoms with E-state index in [1.54, 1.807) is 0 Å². The molecule has 148 valence electrons. The molecule has 0 aliphatic carbocycles. The molecule has 6 nitrogen and oxygen atoms in total. The molecule has 0 unspecified atom stereocenters. The number of nitrogens with one attached hydrogen (secondary N) is 1. The van der Waals surface area contributed by atoms with Gasteiger partial charge in [-0.2, -0.15) is 0 Å². The Balaban J connectivity index is 1.39. The Bertz CT molecular complexity index is 1170. The van der Waals surface area contributed by atoms with Gasteiger partial charge in [0.2, 0.25) is 0 Å². The predicted octanol–water partition coefficient (Wildman–Crippen LogP) is 3.50. The highest BCUT2D eigenvalue weighted by Crippen LogP contribution is 2.24. The smallest absolute Gasteiger partial charge is 0.255 e. The molecule has 2 aliphatic rings. The van der Waals surface area contributed by atoms with Crippen molar-refractivity contribution in [3.8, 4) is 0 Å². The second-order valence-electron chi connectivity index (χ2n) is 7.72. The third-order valence-corrected chi connectivity index (χ3v) is 6.02. The first-order valence-electron chi connectivity index (χ1n) is 10.1. The number of pyridine rings is 1. The van der Waals surface area contributed by atoms with Gasteiger partial charge in [0.05, 0.1) is 22.5 Å². The summed E-state index contributed by atoms with van der Waals surface area (Å²) in [5, 5.41) is 1.59. The second-order valence-corrected chi connectivity index (χ2v) is 8.07. The first-order chi connectivity index (χ1) is 14.2. The molecule has 0 saturated carbocycles. The molecule has 0 bridgehead atoms. The fraction of sp³-hybridized carbons (Fsp3) is 0.364. The quantitative estimate of drug-likeness (QED) is 0.674. The lowest BCUT2D eigenvalue weighted by Crippen LogP contribution is -2.36. The minimum Gasteiger partial charge on any atom is -0.305 e. The Kier molecular flexibility index (Phi) is 4.89. The molecule has 7 heteroatoms. The summed E-state index contributed by atoms with van der Waals surface area (Å²) in [6.45, 7) is 2.88. The van der Waals surface area contributed by atoms with Crippen molar-refractivity contribution < 1.29 is 0 Å². The second kappa shape index (κ2) is 7.69. The molecular weight excluding hydrogens is 386 g/mol. The number of H-pyrrole nitrogens is 1. The highest BCUT2D eigenvalue weighted by molar-refractivity contribution is 6.30. The van der Waals surface area contributed by atoms with E-state index < -0.39 is 0 Å². The topological polar surface area (TPSA) is 74.2 Å². The van der Waals surface area contributed by atoms with E-state index in [1.807, 2.05) is 24.3 Å². The third kappa shape index (κ3) is 3.70. The van der Waals surface area contributed by atoms with E-state index in [-0.39, 0.29) is 5.56 Å². The van der Waals surface area contributed by atoms with Gasteiger partial charge in [0.25, 0.3) is 5.56 Å². The standard InChI is InChI=1S/C22H22ClN5O/c23-20-15(11-14-5-1-2-6-17(14)25-20)12-28-10-8-18-16(13-28)22(29)27-21(26-18)19-7-3-4-9-24-19/h1-2,5-6,11H,3-4,7-10,12-13H2,(H,26,27,29). The highest BCUT2D eigenvalue weighted by Gasteiger charge is 2.23. The van der Waals surface area contributed by atoms with Crippen LogP contribution in [0.5, 0.6) is 0 Å². The van der Waals surface area contributed by atoms with Gasteiger partial charge >= 0.3 is 0 Å². The van der Waals surface area contributed by atoms with E-state index in [0.29, 0.717) is 24.1 Å². The molecule has 4 heterocycles. The maximum Gasteiger partial charge on any atom is 0.255 e. The number of benzene rings is 1. The van der Waals surface area contributed by atoms with Gasteiger partial charge in [-0.15, -0.1) is 0 Å². The van der Waals surface area contributed by atoms with Crippen molar-refractivity contribution in [2.24, 2.45) is 4.99 Å². The number of para-hydroxylation sites is 1. The molecule has 0 spiro atoms. The Hall–Kier alpha value is -2.57. The number of fused-ring (bicyclic) bond motifs is 2. The molecule has 0 amide bonds. The molecule has 1 N–H and O–H groups in total. The van der Waals surface area contributed by atoms with E-state index in [0.717, 1.165) is 72.2 Å². The first-order valence-corrected chi connectivity index (χ1v) is 10.5. The first kappa shape index (κ1) is 18.5. The van der Waals surface area contributed by atoms with E-state index in [9.17, 15) is 4.79 Å². The largest absolute Gasteiger partial charge is 0.305 e. The lowest BCUT2D eigenvalue weighted by Gasteiger charge is -2.28. The molecule has 0 saturated heterocycles. The number of halogens is 1. The van der Waals surface area contributed by atoms with Gasteiger partial charge < -0.3 is 4.98 Å². The van der Waals surface area contributed by atoms with Crippen molar-refractivity contribution >= 4 is 28.2 Å². The summed E-state index contributed by atoms with van der Waals surface area (Å²) in [4.78, 5) is 31.7. The molecule has 3 aromatic rings. The van der Waals surface area contributed by atoms with Crippen LogP contribution in [0.25, 0.3) is 10.9 Å². The minimum absolute atomic E-state index is 0.0503. The van der Waals surface area contributed by atoms with Crippen LogP contribution in [0.3, 0.4) is 0 Å². The highest BCUT2D eigenvalue weighted by atomic mass is 35.5. The van der Waals surface area contributed by atoms with Gasteiger partial charge in [-0.1, -0.05) is 29.8 Å². The maximum absolute atomic E-state index is 12.8. The molecule has 2 aromatic heterocycles. The van der Waals surface area contributed by atoms with E-state index in [1.165, 1.54) is 0 Å². The van der Waals surface area contributed by atoms with Crippen LogP contribution in [-0.2, 0) is 19.5 Å². The van der Waals surface area contributed by atoms with Crippen LogP contribution >= 0.6 is 11.6 Å². The van der Waals surface area contributed by atoms with Crippen molar-refractivity contribution in [1.29, 1.82) is 0 Å². The molecule has 0 atom stereocenters. The van der Waals surface area contributed by atoms with Crippen LogP contribution in [-0.4, -0.2) is 38.7 Å². The van der Waals surface area contributed by atoms with Gasteiger partial charge in [0.1, 0.15) is 5.15 Å². The lowest BCUT2D eigenvalue weighted by molar-refractivity contribution is 0.241. The summed E-state index contributed by atoms with van der Waals surface area (Å²) in [6, 6.07) is 10.0. The maximum atomic E-state index is 12.8. The van der Waals surface area contributed by atoms with Gasteiger partial charge in [0, 0.05) is 43.5 Å². The number of nitrogens with zero attached hydrogens (tertiary/aromatic N) is 4. The fourth-order valence-electron chi connectivity index (χ4n) is 4.13. The van der Waals surface area contributed by atoms with Crippen LogP contribution in [0.1, 0.15) is 41.9 Å². The van der Waals surface area contributed by atoms with Crippen molar-refractivity contribution in [2.75, 3.05) is 13.1 Å². The SMILES string of the molecule is O=c1[nH]c(C2=NCCCC2)nc2c1CN(Cc1cc3ccccc3nc1Cl)CC2. The van der Waals surface area contributed by atoms with E-state index in [2.05, 4.69) is 25.9 Å². The number of hydrogen-bond donors (Lipinski definition) is 1. The molecular formula is C22H22ClN5O. The van der Waals surface area contributed by atoms with E-state index >= 15 is 0 Å². The summed E-state index contributed by atoms with van der Waals surface area (Å²) >= 11 is 6.43. The van der Waals surface area contributed by atoms with Crippen LogP contribution < -0.4 is 5.56 Å². The van der Waals surface area contributed by atoms with Crippen LogP contribution in [0.4, 0.5) is 0 Å². The number of aromatic nitrogens is 3. The fourth-order valence-corrected chi connectivity index (χ4v) is 4.34. The van der Waals surface area contributed by atoms with E-state index in [4.69, 9.17) is 16.6 Å². The lowest BCUT2D eigenvalue weighted by atomic mass is 10.0. The van der Waals surface area contributed by atoms with Gasteiger partial charge in [-0.3, -0.25) is 14.7 Å². The molecule has 5 rings (SSSR count). The summed E-state index contributed by atoms with van der Waals surface area (Å²) in [5.74, 6) is 0.656. The van der Waals surface area contributed by atoms with Gasteiger partial charge in [-0.25, -0.2) is 9.97 Å². The average molecular weight is 408 g/mol. The Morgan fingerprint density at radius 1 is 1.14 bits per heavy atom. The van der Waals surface area contributed by atoms with Crippen molar-refractivity contribution in [3.05, 3.63) is 68.5 Å². The van der Waals surface area contributed by atoms with Crippen LogP contribution in [0.2, 0.25) is 5.15 Å². The summed E-state index contributed by atoms with van der Waals surface area (Å²) in [7, 11) is 0. The zero-order valence-electron chi connectivity index (χ0n) is 16.1.